The van der Waals surface area contributed by atoms with Crippen molar-refractivity contribution < 1.29 is 17.6 Å². The first-order chi connectivity index (χ1) is 14.8. The Balaban J connectivity index is 1.74. The van der Waals surface area contributed by atoms with Crippen LogP contribution in [0.25, 0.3) is 21.9 Å². The highest BCUT2D eigenvalue weighted by atomic mass is 32.2. The minimum atomic E-state index is -3.83. The summed E-state index contributed by atoms with van der Waals surface area (Å²) < 4.78 is 40.3. The summed E-state index contributed by atoms with van der Waals surface area (Å²) in [5.41, 5.74) is 1.58. The lowest BCUT2D eigenvalue weighted by Gasteiger charge is -2.21. The highest BCUT2D eigenvalue weighted by Gasteiger charge is 2.24. The Morgan fingerprint density at radius 1 is 1.10 bits per heavy atom. The summed E-state index contributed by atoms with van der Waals surface area (Å²) in [5.74, 6) is 0.137. The third-order valence-corrected chi connectivity index (χ3v) is 7.11. The van der Waals surface area contributed by atoms with Crippen LogP contribution in [0.4, 0.5) is 0 Å². The van der Waals surface area contributed by atoms with Crippen LogP contribution < -0.4 is 10.5 Å². The molecular formula is C23H24N2O5S. The normalized spacial score (nSPS) is 12.1. The van der Waals surface area contributed by atoms with Crippen LogP contribution in [0, 0.1) is 0 Å². The molecule has 4 rings (SSSR count). The van der Waals surface area contributed by atoms with Crippen LogP contribution >= 0.6 is 0 Å². The average Bonchev–Trinajstić information content (AvgIpc) is 3.06. The summed E-state index contributed by atoms with van der Waals surface area (Å²) in [6, 6.07) is 16.1. The maximum absolute atomic E-state index is 13.3. The second-order valence-corrected chi connectivity index (χ2v) is 9.47. The Bertz CT molecular complexity index is 1420. The molecule has 162 valence electrons. The van der Waals surface area contributed by atoms with Crippen LogP contribution in [0.1, 0.15) is 18.9 Å². The van der Waals surface area contributed by atoms with Crippen molar-refractivity contribution in [2.75, 3.05) is 13.7 Å². The molecule has 0 amide bonds. The van der Waals surface area contributed by atoms with Crippen molar-refractivity contribution in [3.05, 3.63) is 70.7 Å². The highest BCUT2D eigenvalue weighted by molar-refractivity contribution is 7.89. The SMILES string of the molecule is CCCOc1ccc2ccccc2c1CN(C)S(=O)(=O)c1ccc2c(c1)oc(=O)n2C. The van der Waals surface area contributed by atoms with Crippen molar-refractivity contribution in [1.29, 1.82) is 0 Å². The van der Waals surface area contributed by atoms with Gasteiger partial charge in [0, 0.05) is 32.3 Å². The summed E-state index contributed by atoms with van der Waals surface area (Å²) in [6.07, 6.45) is 0.850. The van der Waals surface area contributed by atoms with Gasteiger partial charge in [0.25, 0.3) is 0 Å². The van der Waals surface area contributed by atoms with E-state index in [1.807, 2.05) is 43.3 Å². The van der Waals surface area contributed by atoms with Crippen molar-refractivity contribution >= 4 is 31.9 Å². The molecule has 31 heavy (non-hydrogen) atoms. The van der Waals surface area contributed by atoms with Gasteiger partial charge in [-0.1, -0.05) is 37.3 Å². The molecule has 1 heterocycles. The van der Waals surface area contributed by atoms with Gasteiger partial charge < -0.3 is 9.15 Å². The van der Waals surface area contributed by atoms with Gasteiger partial charge in [-0.15, -0.1) is 0 Å². The third kappa shape index (κ3) is 3.84. The van der Waals surface area contributed by atoms with E-state index in [1.54, 1.807) is 13.1 Å². The minimum absolute atomic E-state index is 0.0631. The van der Waals surface area contributed by atoms with E-state index in [-0.39, 0.29) is 17.0 Å². The van der Waals surface area contributed by atoms with Gasteiger partial charge in [0.15, 0.2) is 5.58 Å². The Morgan fingerprint density at radius 3 is 2.65 bits per heavy atom. The van der Waals surface area contributed by atoms with Gasteiger partial charge in [0.2, 0.25) is 10.0 Å². The maximum atomic E-state index is 13.3. The van der Waals surface area contributed by atoms with E-state index in [4.69, 9.17) is 9.15 Å². The second kappa shape index (κ2) is 8.20. The molecule has 0 bridgehead atoms. The van der Waals surface area contributed by atoms with Crippen LogP contribution in [0.2, 0.25) is 0 Å². The van der Waals surface area contributed by atoms with E-state index >= 15 is 0 Å². The smallest absolute Gasteiger partial charge is 0.419 e. The molecule has 7 nitrogen and oxygen atoms in total. The van der Waals surface area contributed by atoms with Gasteiger partial charge in [-0.3, -0.25) is 4.57 Å². The molecule has 0 radical (unpaired) electrons. The number of nitrogens with zero attached hydrogens (tertiary/aromatic N) is 2. The lowest BCUT2D eigenvalue weighted by molar-refractivity contribution is 0.311. The van der Waals surface area contributed by atoms with E-state index in [9.17, 15) is 13.2 Å². The van der Waals surface area contributed by atoms with E-state index in [1.165, 1.54) is 28.1 Å². The standard InChI is InChI=1S/C23H24N2O5S/c1-4-13-29-21-12-9-16-7-5-6-8-18(16)19(21)15-24(2)31(27,28)17-10-11-20-22(14-17)30-23(26)25(20)3/h5-12,14H,4,13,15H2,1-3H3. The molecule has 0 spiro atoms. The first kappa shape index (κ1) is 21.1. The Morgan fingerprint density at radius 2 is 1.87 bits per heavy atom. The van der Waals surface area contributed by atoms with Crippen LogP contribution in [0.3, 0.4) is 0 Å². The summed E-state index contributed by atoms with van der Waals surface area (Å²) in [6.45, 7) is 2.71. The number of hydrogen-bond acceptors (Lipinski definition) is 5. The van der Waals surface area contributed by atoms with Crippen molar-refractivity contribution in [1.82, 2.24) is 8.87 Å². The van der Waals surface area contributed by atoms with Crippen molar-refractivity contribution in [2.24, 2.45) is 7.05 Å². The molecule has 0 fully saturated rings. The molecular weight excluding hydrogens is 416 g/mol. The topological polar surface area (TPSA) is 81.8 Å². The number of hydrogen-bond donors (Lipinski definition) is 0. The number of benzene rings is 3. The monoisotopic (exact) mass is 440 g/mol. The fraction of sp³-hybridized carbons (Fsp3) is 0.261. The fourth-order valence-electron chi connectivity index (χ4n) is 3.59. The van der Waals surface area contributed by atoms with Gasteiger partial charge in [-0.25, -0.2) is 13.2 Å². The molecule has 1 aromatic heterocycles. The second-order valence-electron chi connectivity index (χ2n) is 7.43. The first-order valence-electron chi connectivity index (χ1n) is 10.0. The molecule has 0 aliphatic heterocycles. The number of rotatable bonds is 7. The third-order valence-electron chi connectivity index (χ3n) is 5.31. The molecule has 8 heteroatoms. The predicted octanol–water partition coefficient (Wildman–Crippen LogP) is 3.89. The summed E-state index contributed by atoms with van der Waals surface area (Å²) in [7, 11) is -0.722. The van der Waals surface area contributed by atoms with Crippen LogP contribution in [-0.2, 0) is 23.6 Å². The van der Waals surface area contributed by atoms with Gasteiger partial charge in [-0.05, 0) is 35.4 Å². The van der Waals surface area contributed by atoms with Gasteiger partial charge in [0.1, 0.15) is 5.75 Å². The average molecular weight is 441 g/mol. The molecule has 0 aliphatic carbocycles. The molecule has 3 aromatic carbocycles. The van der Waals surface area contributed by atoms with Crippen LogP contribution in [-0.4, -0.2) is 30.9 Å². The summed E-state index contributed by atoms with van der Waals surface area (Å²) in [4.78, 5) is 11.8. The van der Waals surface area contributed by atoms with E-state index in [0.29, 0.717) is 17.9 Å². The van der Waals surface area contributed by atoms with E-state index < -0.39 is 15.8 Å². The summed E-state index contributed by atoms with van der Waals surface area (Å²) >= 11 is 0. The molecule has 0 unspecified atom stereocenters. The van der Waals surface area contributed by atoms with Crippen molar-refractivity contribution in [3.8, 4) is 5.75 Å². The van der Waals surface area contributed by atoms with E-state index in [0.717, 1.165) is 22.8 Å². The van der Waals surface area contributed by atoms with Gasteiger partial charge >= 0.3 is 5.76 Å². The lowest BCUT2D eigenvalue weighted by Crippen LogP contribution is -2.27. The summed E-state index contributed by atoms with van der Waals surface area (Å²) in [5, 5.41) is 1.96. The quantitative estimate of drug-likeness (QED) is 0.435. The first-order valence-corrected chi connectivity index (χ1v) is 11.5. The lowest BCUT2D eigenvalue weighted by atomic mass is 10.0. The maximum Gasteiger partial charge on any atom is 0.419 e. The van der Waals surface area contributed by atoms with Crippen LogP contribution in [0.5, 0.6) is 5.75 Å². The highest BCUT2D eigenvalue weighted by Crippen LogP contribution is 2.31. The minimum Gasteiger partial charge on any atom is -0.493 e. The molecule has 0 aliphatic rings. The molecule has 0 saturated heterocycles. The number of sulfonamides is 1. The van der Waals surface area contributed by atoms with Gasteiger partial charge in [0.05, 0.1) is 17.0 Å². The predicted molar refractivity (Wildman–Crippen MR) is 120 cm³/mol. The van der Waals surface area contributed by atoms with Crippen molar-refractivity contribution in [2.45, 2.75) is 24.8 Å². The number of aryl methyl sites for hydroxylation is 1. The molecule has 0 N–H and O–H groups in total. The molecule has 0 atom stereocenters. The molecule has 4 aromatic rings. The zero-order valence-electron chi connectivity index (χ0n) is 17.7. The Hall–Kier alpha value is -3.10. The zero-order chi connectivity index (χ0) is 22.2. The Kier molecular flexibility index (Phi) is 5.60. The largest absolute Gasteiger partial charge is 0.493 e. The number of fused-ring (bicyclic) bond motifs is 2. The zero-order valence-corrected chi connectivity index (χ0v) is 18.5. The fourth-order valence-corrected chi connectivity index (χ4v) is 4.74. The molecule has 0 saturated carbocycles. The van der Waals surface area contributed by atoms with Crippen molar-refractivity contribution in [3.63, 3.8) is 0 Å². The number of ether oxygens (including phenoxy) is 1. The Labute approximate surface area is 180 Å². The number of oxazole rings is 1. The van der Waals surface area contributed by atoms with Crippen LogP contribution in [0.15, 0.2) is 68.7 Å². The van der Waals surface area contributed by atoms with E-state index in [2.05, 4.69) is 0 Å². The number of aromatic nitrogens is 1. The van der Waals surface area contributed by atoms with Gasteiger partial charge in [-0.2, -0.15) is 4.31 Å².